The maximum absolute atomic E-state index is 2.00. The van der Waals surface area contributed by atoms with E-state index in [1.165, 1.54) is 0 Å². The monoisotopic (exact) mass is 157 g/mol. The van der Waals surface area contributed by atoms with Crippen LogP contribution in [0.2, 0.25) is 0 Å². The van der Waals surface area contributed by atoms with Gasteiger partial charge >= 0.3 is 0 Å². The molecule has 1 aromatic rings. The molecule has 0 amide bonds. The number of pyridine rings is 1. The van der Waals surface area contributed by atoms with E-state index in [9.17, 15) is 0 Å². The molecule has 2 heteroatoms. The Morgan fingerprint density at radius 3 is 1.75 bits per heavy atom. The first-order valence-electron chi connectivity index (χ1n) is 2.30. The van der Waals surface area contributed by atoms with Gasteiger partial charge in [-0.1, -0.05) is 6.07 Å². The maximum Gasteiger partial charge on any atom is 0.168 e. The molecule has 0 atom stereocenters. The number of nitrogens with zero attached hydrogens (tertiary/aromatic N) is 1. The zero-order valence-corrected chi connectivity index (χ0v) is 5.58. The molecule has 0 unspecified atom stereocenters. The third-order valence-corrected chi connectivity index (χ3v) is 0.865. The SMILES string of the molecule is C[n+]1ccccc1.[Cu]. The number of aryl methyl sites for hydroxylation is 1. The van der Waals surface area contributed by atoms with Crippen LogP contribution in [0.3, 0.4) is 0 Å². The maximum atomic E-state index is 2.00. The van der Waals surface area contributed by atoms with Gasteiger partial charge in [0, 0.05) is 29.2 Å². The Balaban J connectivity index is 0.000000490. The summed E-state index contributed by atoms with van der Waals surface area (Å²) >= 11 is 0. The largest absolute Gasteiger partial charge is 0.208 e. The van der Waals surface area contributed by atoms with Crippen molar-refractivity contribution >= 4 is 0 Å². The van der Waals surface area contributed by atoms with Crippen LogP contribution in [-0.2, 0) is 24.1 Å². The summed E-state index contributed by atoms with van der Waals surface area (Å²) in [5.41, 5.74) is 0. The molecule has 0 saturated heterocycles. The summed E-state index contributed by atoms with van der Waals surface area (Å²) in [6, 6.07) is 6.00. The Hall–Kier alpha value is -0.331. The van der Waals surface area contributed by atoms with Crippen molar-refractivity contribution in [2.45, 2.75) is 0 Å². The minimum Gasteiger partial charge on any atom is -0.208 e. The topological polar surface area (TPSA) is 3.88 Å². The minimum atomic E-state index is 0. The van der Waals surface area contributed by atoms with Crippen LogP contribution in [0.15, 0.2) is 30.6 Å². The van der Waals surface area contributed by atoms with E-state index in [1.54, 1.807) is 0 Å². The Bertz CT molecular complexity index is 138. The molecular weight excluding hydrogens is 150 g/mol. The average Bonchev–Trinajstić information content (AvgIpc) is 1.69. The van der Waals surface area contributed by atoms with Gasteiger partial charge in [-0.05, 0) is 0 Å². The Morgan fingerprint density at radius 1 is 1.00 bits per heavy atom. The van der Waals surface area contributed by atoms with Gasteiger partial charge in [0.05, 0.1) is 0 Å². The number of hydrogen-bond acceptors (Lipinski definition) is 0. The van der Waals surface area contributed by atoms with Crippen molar-refractivity contribution in [3.8, 4) is 0 Å². The second kappa shape index (κ2) is 3.64. The van der Waals surface area contributed by atoms with E-state index in [-0.39, 0.29) is 17.1 Å². The van der Waals surface area contributed by atoms with Crippen LogP contribution >= 0.6 is 0 Å². The zero-order chi connectivity index (χ0) is 5.11. The summed E-state index contributed by atoms with van der Waals surface area (Å²) in [6.07, 6.45) is 4.00. The van der Waals surface area contributed by atoms with E-state index >= 15 is 0 Å². The molecule has 0 spiro atoms. The summed E-state index contributed by atoms with van der Waals surface area (Å²) < 4.78 is 2.00. The van der Waals surface area contributed by atoms with Crippen molar-refractivity contribution in [2.75, 3.05) is 0 Å². The van der Waals surface area contributed by atoms with Gasteiger partial charge in [0.2, 0.25) is 0 Å². The van der Waals surface area contributed by atoms with Crippen LogP contribution in [-0.4, -0.2) is 0 Å². The fraction of sp³-hybridized carbons (Fsp3) is 0.167. The van der Waals surface area contributed by atoms with E-state index in [0.29, 0.717) is 0 Å². The fourth-order valence-corrected chi connectivity index (χ4v) is 0.485. The molecule has 0 fully saturated rings. The van der Waals surface area contributed by atoms with Crippen molar-refractivity contribution in [3.63, 3.8) is 0 Å². The average molecular weight is 158 g/mol. The summed E-state index contributed by atoms with van der Waals surface area (Å²) in [5, 5.41) is 0. The number of rotatable bonds is 0. The van der Waals surface area contributed by atoms with Gasteiger partial charge in [-0.15, -0.1) is 0 Å². The first-order valence-corrected chi connectivity index (χ1v) is 2.30. The molecule has 8 heavy (non-hydrogen) atoms. The molecule has 0 bridgehead atoms. The Kier molecular flexibility index (Phi) is 3.49. The fourth-order valence-electron chi connectivity index (χ4n) is 0.485. The molecule has 1 nitrogen and oxygen atoms in total. The molecule has 1 aromatic heterocycles. The van der Waals surface area contributed by atoms with E-state index in [1.807, 2.05) is 42.2 Å². The second-order valence-corrected chi connectivity index (χ2v) is 1.54. The van der Waals surface area contributed by atoms with Crippen molar-refractivity contribution in [1.82, 2.24) is 0 Å². The van der Waals surface area contributed by atoms with E-state index in [4.69, 9.17) is 0 Å². The predicted molar refractivity (Wildman–Crippen MR) is 27.6 cm³/mol. The summed E-state index contributed by atoms with van der Waals surface area (Å²) in [5.74, 6) is 0. The zero-order valence-electron chi connectivity index (χ0n) is 4.64. The standard InChI is InChI=1S/C6H8N.Cu/c1-7-5-3-2-4-6-7;/h2-6H,1H3;/q+1;. The Morgan fingerprint density at radius 2 is 1.50 bits per heavy atom. The molecule has 0 aliphatic carbocycles. The van der Waals surface area contributed by atoms with Crippen LogP contribution in [0, 0.1) is 0 Å². The van der Waals surface area contributed by atoms with Gasteiger partial charge in [-0.2, -0.15) is 0 Å². The van der Waals surface area contributed by atoms with E-state index in [2.05, 4.69) is 0 Å². The molecule has 1 rings (SSSR count). The van der Waals surface area contributed by atoms with E-state index in [0.717, 1.165) is 0 Å². The number of aromatic nitrogens is 1. The molecule has 0 N–H and O–H groups in total. The van der Waals surface area contributed by atoms with Gasteiger partial charge in [0.25, 0.3) is 0 Å². The quantitative estimate of drug-likeness (QED) is 0.382. The van der Waals surface area contributed by atoms with Gasteiger partial charge in [-0.3, -0.25) is 0 Å². The van der Waals surface area contributed by atoms with Crippen molar-refractivity contribution in [3.05, 3.63) is 30.6 Å². The summed E-state index contributed by atoms with van der Waals surface area (Å²) in [7, 11) is 2.00. The molecule has 0 aromatic carbocycles. The van der Waals surface area contributed by atoms with Crippen LogP contribution in [0.25, 0.3) is 0 Å². The molecule has 0 aliphatic rings. The van der Waals surface area contributed by atoms with Crippen LogP contribution < -0.4 is 4.57 Å². The third kappa shape index (κ3) is 2.10. The summed E-state index contributed by atoms with van der Waals surface area (Å²) in [4.78, 5) is 0. The predicted octanol–water partition coefficient (Wildman–Crippen LogP) is 0.509. The first-order chi connectivity index (χ1) is 3.39. The molecule has 47 valence electrons. The van der Waals surface area contributed by atoms with Gasteiger partial charge in [-0.25, -0.2) is 4.57 Å². The normalized spacial score (nSPS) is 7.62. The summed E-state index contributed by atoms with van der Waals surface area (Å²) in [6.45, 7) is 0. The van der Waals surface area contributed by atoms with Crippen molar-refractivity contribution in [2.24, 2.45) is 7.05 Å². The molecular formula is C6H8CuN+. The third-order valence-electron chi connectivity index (χ3n) is 0.865. The van der Waals surface area contributed by atoms with Crippen LogP contribution in [0.4, 0.5) is 0 Å². The smallest absolute Gasteiger partial charge is 0.168 e. The van der Waals surface area contributed by atoms with Gasteiger partial charge < -0.3 is 0 Å². The minimum absolute atomic E-state index is 0. The number of hydrogen-bond donors (Lipinski definition) is 0. The van der Waals surface area contributed by atoms with Gasteiger partial charge in [0.1, 0.15) is 7.05 Å². The molecule has 0 aliphatic heterocycles. The van der Waals surface area contributed by atoms with Crippen LogP contribution in [0.5, 0.6) is 0 Å². The molecule has 1 heterocycles. The van der Waals surface area contributed by atoms with Gasteiger partial charge in [0.15, 0.2) is 12.4 Å². The first kappa shape index (κ1) is 7.67. The second-order valence-electron chi connectivity index (χ2n) is 1.54. The molecule has 0 saturated carbocycles. The van der Waals surface area contributed by atoms with Crippen LogP contribution in [0.1, 0.15) is 0 Å². The van der Waals surface area contributed by atoms with Crippen molar-refractivity contribution in [1.29, 1.82) is 0 Å². The Labute approximate surface area is 59.8 Å². The van der Waals surface area contributed by atoms with E-state index < -0.39 is 0 Å². The molecule has 1 radical (unpaired) electrons. The van der Waals surface area contributed by atoms with Crippen molar-refractivity contribution < 1.29 is 21.6 Å².